The zero-order chi connectivity index (χ0) is 18.6. The van der Waals surface area contributed by atoms with E-state index in [4.69, 9.17) is 14.2 Å². The fraction of sp³-hybridized carbons (Fsp3) is 0.444. The van der Waals surface area contributed by atoms with Crippen LogP contribution in [0.2, 0.25) is 0 Å². The van der Waals surface area contributed by atoms with Gasteiger partial charge in [0.15, 0.2) is 5.13 Å². The summed E-state index contributed by atoms with van der Waals surface area (Å²) < 4.78 is 16.2. The molecule has 25 heavy (non-hydrogen) atoms. The molecule has 0 saturated carbocycles. The molecule has 0 saturated heterocycles. The summed E-state index contributed by atoms with van der Waals surface area (Å²) in [6.45, 7) is 7.75. The zero-order valence-electron chi connectivity index (χ0n) is 15.5. The minimum Gasteiger partial charge on any atom is -0.497 e. The number of anilines is 1. The highest BCUT2D eigenvalue weighted by molar-refractivity contribution is 7.15. The van der Waals surface area contributed by atoms with Crippen molar-refractivity contribution in [3.05, 3.63) is 34.8 Å². The SMILES string of the molecule is COc1ccc(CN(C(=O)OC(C)(C)C)c2ncc(C)s2)c(OC)c1. The van der Waals surface area contributed by atoms with Crippen molar-refractivity contribution in [2.24, 2.45) is 0 Å². The predicted molar refractivity (Wildman–Crippen MR) is 98.8 cm³/mol. The van der Waals surface area contributed by atoms with E-state index in [1.54, 1.807) is 26.5 Å². The number of nitrogens with zero attached hydrogens (tertiary/aromatic N) is 2. The topological polar surface area (TPSA) is 60.9 Å². The summed E-state index contributed by atoms with van der Waals surface area (Å²) in [5, 5.41) is 0.588. The van der Waals surface area contributed by atoms with Gasteiger partial charge >= 0.3 is 6.09 Å². The normalized spacial score (nSPS) is 11.1. The van der Waals surface area contributed by atoms with E-state index in [0.29, 0.717) is 16.6 Å². The molecule has 0 radical (unpaired) electrons. The lowest BCUT2D eigenvalue weighted by atomic mass is 10.2. The molecular formula is C18H24N2O4S. The van der Waals surface area contributed by atoms with Crippen LogP contribution in [0.3, 0.4) is 0 Å². The van der Waals surface area contributed by atoms with Crippen LogP contribution >= 0.6 is 11.3 Å². The third-order valence-electron chi connectivity index (χ3n) is 3.28. The second-order valence-corrected chi connectivity index (χ2v) is 7.71. The van der Waals surface area contributed by atoms with E-state index >= 15 is 0 Å². The minimum atomic E-state index is -0.592. The number of aromatic nitrogens is 1. The summed E-state index contributed by atoms with van der Waals surface area (Å²) >= 11 is 1.44. The van der Waals surface area contributed by atoms with Crippen molar-refractivity contribution < 1.29 is 19.0 Å². The van der Waals surface area contributed by atoms with E-state index in [2.05, 4.69) is 4.98 Å². The van der Waals surface area contributed by atoms with Gasteiger partial charge in [-0.15, -0.1) is 11.3 Å². The third-order valence-corrected chi connectivity index (χ3v) is 4.21. The summed E-state index contributed by atoms with van der Waals surface area (Å²) in [5.41, 5.74) is 0.244. The van der Waals surface area contributed by atoms with Crippen LogP contribution in [-0.4, -0.2) is 30.9 Å². The van der Waals surface area contributed by atoms with Crippen molar-refractivity contribution in [1.82, 2.24) is 4.98 Å². The number of hydrogen-bond acceptors (Lipinski definition) is 6. The number of amides is 1. The van der Waals surface area contributed by atoms with Crippen LogP contribution < -0.4 is 14.4 Å². The maximum atomic E-state index is 12.7. The van der Waals surface area contributed by atoms with Crippen LogP contribution in [0, 0.1) is 6.92 Å². The van der Waals surface area contributed by atoms with E-state index in [1.165, 1.54) is 16.2 Å². The highest BCUT2D eigenvalue weighted by Gasteiger charge is 2.26. The molecule has 0 spiro atoms. The molecule has 6 nitrogen and oxygen atoms in total. The Labute approximate surface area is 152 Å². The molecule has 0 aliphatic heterocycles. The molecule has 0 bridgehead atoms. The van der Waals surface area contributed by atoms with E-state index in [9.17, 15) is 4.79 Å². The molecule has 0 N–H and O–H groups in total. The molecule has 1 aromatic carbocycles. The average Bonchev–Trinajstić information content (AvgIpc) is 2.96. The average molecular weight is 364 g/mol. The molecular weight excluding hydrogens is 340 g/mol. The number of rotatable bonds is 5. The van der Waals surface area contributed by atoms with Crippen molar-refractivity contribution >= 4 is 22.6 Å². The Kier molecular flexibility index (Phi) is 5.89. The van der Waals surface area contributed by atoms with E-state index in [0.717, 1.165) is 10.4 Å². The molecule has 1 heterocycles. The van der Waals surface area contributed by atoms with Crippen molar-refractivity contribution in [1.29, 1.82) is 0 Å². The zero-order valence-corrected chi connectivity index (χ0v) is 16.3. The number of thiazole rings is 1. The molecule has 0 atom stereocenters. The maximum Gasteiger partial charge on any atom is 0.416 e. The number of ether oxygens (including phenoxy) is 3. The lowest BCUT2D eigenvalue weighted by Crippen LogP contribution is -2.36. The highest BCUT2D eigenvalue weighted by atomic mass is 32.1. The molecule has 2 rings (SSSR count). The number of carbonyl (C=O) groups excluding carboxylic acids is 1. The minimum absolute atomic E-state index is 0.287. The first-order chi connectivity index (χ1) is 11.7. The molecule has 2 aromatic rings. The van der Waals surface area contributed by atoms with Gasteiger partial charge in [-0.2, -0.15) is 0 Å². The van der Waals surface area contributed by atoms with Crippen molar-refractivity contribution in [2.45, 2.75) is 39.8 Å². The van der Waals surface area contributed by atoms with Crippen molar-refractivity contribution in [3.63, 3.8) is 0 Å². The molecule has 0 aliphatic rings. The standard InChI is InChI=1S/C18H24N2O4S/c1-12-10-19-16(25-12)20(17(21)24-18(2,3)4)11-13-7-8-14(22-5)9-15(13)23-6/h7-10H,11H2,1-6H3. The van der Waals surface area contributed by atoms with Gasteiger partial charge in [-0.05, 0) is 39.8 Å². The van der Waals surface area contributed by atoms with E-state index in [-0.39, 0.29) is 6.54 Å². The van der Waals surface area contributed by atoms with Crippen LogP contribution in [0.1, 0.15) is 31.2 Å². The molecule has 0 aliphatic carbocycles. The van der Waals surface area contributed by atoms with Gasteiger partial charge in [0, 0.05) is 22.7 Å². The predicted octanol–water partition coefficient (Wildman–Crippen LogP) is 4.41. The largest absolute Gasteiger partial charge is 0.497 e. The monoisotopic (exact) mass is 364 g/mol. The smallest absolute Gasteiger partial charge is 0.416 e. The number of methoxy groups -OCH3 is 2. The summed E-state index contributed by atoms with van der Waals surface area (Å²) in [6.07, 6.45) is 1.29. The van der Waals surface area contributed by atoms with Gasteiger partial charge in [-0.25, -0.2) is 14.7 Å². The van der Waals surface area contributed by atoms with E-state index < -0.39 is 11.7 Å². The Morgan fingerprint density at radius 1 is 1.24 bits per heavy atom. The number of aryl methyl sites for hydroxylation is 1. The van der Waals surface area contributed by atoms with Crippen LogP contribution in [0.4, 0.5) is 9.93 Å². The van der Waals surface area contributed by atoms with Gasteiger partial charge < -0.3 is 14.2 Å². The molecule has 7 heteroatoms. The highest BCUT2D eigenvalue weighted by Crippen LogP contribution is 2.30. The second kappa shape index (κ2) is 7.74. The number of carbonyl (C=O) groups is 1. The van der Waals surface area contributed by atoms with E-state index in [1.807, 2.05) is 39.8 Å². The Morgan fingerprint density at radius 3 is 2.48 bits per heavy atom. The fourth-order valence-electron chi connectivity index (χ4n) is 2.15. The second-order valence-electron chi connectivity index (χ2n) is 6.50. The summed E-state index contributed by atoms with van der Waals surface area (Å²) in [6, 6.07) is 5.49. The van der Waals surface area contributed by atoms with Crippen molar-refractivity contribution in [3.8, 4) is 11.5 Å². The van der Waals surface area contributed by atoms with Gasteiger partial charge in [-0.1, -0.05) is 0 Å². The number of benzene rings is 1. The summed E-state index contributed by atoms with van der Waals surface area (Å²) in [5.74, 6) is 1.33. The Balaban J connectivity index is 2.35. The molecule has 1 amide bonds. The van der Waals surface area contributed by atoms with Crippen LogP contribution in [0.25, 0.3) is 0 Å². The van der Waals surface area contributed by atoms with Crippen LogP contribution in [-0.2, 0) is 11.3 Å². The number of hydrogen-bond donors (Lipinski definition) is 0. The van der Waals surface area contributed by atoms with Gasteiger partial charge in [-0.3, -0.25) is 0 Å². The quantitative estimate of drug-likeness (QED) is 0.786. The van der Waals surface area contributed by atoms with Crippen LogP contribution in [0.5, 0.6) is 11.5 Å². The molecule has 0 unspecified atom stereocenters. The molecule has 1 aromatic heterocycles. The Bertz CT molecular complexity index is 737. The lowest BCUT2D eigenvalue weighted by molar-refractivity contribution is 0.0577. The first-order valence-electron chi connectivity index (χ1n) is 7.87. The Hall–Kier alpha value is -2.28. The van der Waals surface area contributed by atoms with Crippen molar-refractivity contribution in [2.75, 3.05) is 19.1 Å². The lowest BCUT2D eigenvalue weighted by Gasteiger charge is -2.26. The third kappa shape index (κ3) is 5.09. The van der Waals surface area contributed by atoms with Gasteiger partial charge in [0.05, 0.1) is 20.8 Å². The summed E-state index contributed by atoms with van der Waals surface area (Å²) in [4.78, 5) is 19.6. The summed E-state index contributed by atoms with van der Waals surface area (Å²) in [7, 11) is 3.18. The van der Waals surface area contributed by atoms with Gasteiger partial charge in [0.1, 0.15) is 17.1 Å². The first kappa shape index (κ1) is 19.1. The molecule has 136 valence electrons. The molecule has 0 fully saturated rings. The fourth-order valence-corrected chi connectivity index (χ4v) is 2.90. The Morgan fingerprint density at radius 2 is 1.96 bits per heavy atom. The first-order valence-corrected chi connectivity index (χ1v) is 8.69. The van der Waals surface area contributed by atoms with Gasteiger partial charge in [0.25, 0.3) is 0 Å². The maximum absolute atomic E-state index is 12.7. The van der Waals surface area contributed by atoms with Crippen LogP contribution in [0.15, 0.2) is 24.4 Å². The van der Waals surface area contributed by atoms with Gasteiger partial charge in [0.2, 0.25) is 0 Å².